The van der Waals surface area contributed by atoms with E-state index in [-0.39, 0.29) is 5.78 Å². The first-order valence-electron chi connectivity index (χ1n) is 6.23. The van der Waals surface area contributed by atoms with Crippen molar-refractivity contribution in [2.24, 2.45) is 0 Å². The lowest BCUT2D eigenvalue weighted by Gasteiger charge is -2.09. The van der Waals surface area contributed by atoms with Crippen molar-refractivity contribution in [3.8, 4) is 0 Å². The summed E-state index contributed by atoms with van der Waals surface area (Å²) in [6.07, 6.45) is 0.483. The largest absolute Gasteiger partial charge is 0.294 e. The van der Waals surface area contributed by atoms with E-state index in [2.05, 4.69) is 32.9 Å². The molecule has 0 fully saturated rings. The van der Waals surface area contributed by atoms with Crippen LogP contribution in [0.15, 0.2) is 42.5 Å². The second kappa shape index (κ2) is 5.18. The number of hydrogen-bond donors (Lipinski definition) is 0. The summed E-state index contributed by atoms with van der Waals surface area (Å²) in [5.41, 5.74) is 5.64. The predicted octanol–water partition coefficient (Wildman–Crippen LogP) is 4.04. The first-order valence-corrected chi connectivity index (χ1v) is 6.23. The fraction of sp³-hybridized carbons (Fsp3) is 0.235. The van der Waals surface area contributed by atoms with Crippen molar-refractivity contribution in [3.05, 3.63) is 70.3 Å². The summed E-state index contributed by atoms with van der Waals surface area (Å²) in [6.45, 7) is 6.26. The number of carbonyl (C=O) groups is 1. The Hall–Kier alpha value is -1.89. The van der Waals surface area contributed by atoms with E-state index >= 15 is 0 Å². The number of rotatable bonds is 3. The van der Waals surface area contributed by atoms with Gasteiger partial charge >= 0.3 is 0 Å². The summed E-state index contributed by atoms with van der Waals surface area (Å²) in [5, 5.41) is 0. The molecule has 1 heteroatoms. The quantitative estimate of drug-likeness (QED) is 0.738. The fourth-order valence-corrected chi connectivity index (χ4v) is 2.11. The number of benzene rings is 2. The SMILES string of the molecule is Cc1cc(C)c(CC(=O)c2ccccc2)cc1C. The second-order valence-corrected chi connectivity index (χ2v) is 4.83. The van der Waals surface area contributed by atoms with Crippen molar-refractivity contribution < 1.29 is 4.79 Å². The molecule has 2 aromatic carbocycles. The Balaban J connectivity index is 2.25. The van der Waals surface area contributed by atoms with Gasteiger partial charge in [-0.1, -0.05) is 42.5 Å². The number of carbonyl (C=O) groups excluding carboxylic acids is 1. The molecule has 0 aliphatic rings. The van der Waals surface area contributed by atoms with Gasteiger partial charge in [-0.15, -0.1) is 0 Å². The molecule has 0 heterocycles. The van der Waals surface area contributed by atoms with E-state index in [4.69, 9.17) is 0 Å². The second-order valence-electron chi connectivity index (χ2n) is 4.83. The Kier molecular flexibility index (Phi) is 3.61. The van der Waals surface area contributed by atoms with Crippen LogP contribution in [0.5, 0.6) is 0 Å². The van der Waals surface area contributed by atoms with Gasteiger partial charge in [0.15, 0.2) is 5.78 Å². The van der Waals surface area contributed by atoms with Crippen LogP contribution in [0.1, 0.15) is 32.6 Å². The Bertz CT molecular complexity index is 568. The Morgan fingerprint density at radius 2 is 1.50 bits per heavy atom. The van der Waals surface area contributed by atoms with Crippen LogP contribution in [-0.4, -0.2) is 5.78 Å². The van der Waals surface area contributed by atoms with Gasteiger partial charge in [0, 0.05) is 12.0 Å². The highest BCUT2D eigenvalue weighted by Gasteiger charge is 2.09. The van der Waals surface area contributed by atoms with E-state index in [0.717, 1.165) is 11.1 Å². The molecular weight excluding hydrogens is 220 g/mol. The number of aryl methyl sites for hydroxylation is 3. The van der Waals surface area contributed by atoms with Crippen molar-refractivity contribution in [1.29, 1.82) is 0 Å². The highest BCUT2D eigenvalue weighted by Crippen LogP contribution is 2.17. The van der Waals surface area contributed by atoms with Crippen LogP contribution in [0, 0.1) is 20.8 Å². The average molecular weight is 238 g/mol. The summed E-state index contributed by atoms with van der Waals surface area (Å²) >= 11 is 0. The number of ketones is 1. The monoisotopic (exact) mass is 238 g/mol. The lowest BCUT2D eigenvalue weighted by molar-refractivity contribution is 0.0993. The van der Waals surface area contributed by atoms with Crippen molar-refractivity contribution in [1.82, 2.24) is 0 Å². The molecular formula is C17H18O. The van der Waals surface area contributed by atoms with Crippen molar-refractivity contribution in [2.45, 2.75) is 27.2 Å². The summed E-state index contributed by atoms with van der Waals surface area (Å²) in [6, 6.07) is 13.8. The molecule has 0 aliphatic heterocycles. The summed E-state index contributed by atoms with van der Waals surface area (Å²) in [7, 11) is 0. The zero-order chi connectivity index (χ0) is 13.1. The van der Waals surface area contributed by atoms with Crippen LogP contribution in [0.2, 0.25) is 0 Å². The van der Waals surface area contributed by atoms with Gasteiger partial charge in [0.25, 0.3) is 0 Å². The standard InChI is InChI=1S/C17H18O/c1-12-9-14(3)16(10-13(12)2)11-17(18)15-7-5-4-6-8-15/h4-10H,11H2,1-3H3. The Labute approximate surface area is 108 Å². The summed E-state index contributed by atoms with van der Waals surface area (Å²) in [5.74, 6) is 0.182. The molecule has 2 aromatic rings. The average Bonchev–Trinajstić information content (AvgIpc) is 2.37. The molecule has 0 spiro atoms. The first-order chi connectivity index (χ1) is 8.58. The van der Waals surface area contributed by atoms with E-state index in [9.17, 15) is 4.79 Å². The third kappa shape index (κ3) is 2.67. The van der Waals surface area contributed by atoms with E-state index in [1.807, 2.05) is 30.3 Å². The van der Waals surface area contributed by atoms with Gasteiger partial charge in [-0.3, -0.25) is 4.79 Å². The minimum Gasteiger partial charge on any atom is -0.294 e. The van der Waals surface area contributed by atoms with Gasteiger partial charge in [-0.05, 0) is 43.0 Å². The lowest BCUT2D eigenvalue weighted by Crippen LogP contribution is -2.05. The van der Waals surface area contributed by atoms with Gasteiger partial charge in [0.2, 0.25) is 0 Å². The third-order valence-electron chi connectivity index (χ3n) is 3.40. The zero-order valence-corrected chi connectivity index (χ0v) is 11.2. The molecule has 0 amide bonds. The van der Waals surface area contributed by atoms with Crippen molar-refractivity contribution >= 4 is 5.78 Å². The minimum absolute atomic E-state index is 0.182. The normalized spacial score (nSPS) is 10.4. The molecule has 1 nitrogen and oxygen atoms in total. The van der Waals surface area contributed by atoms with Crippen LogP contribution in [0.25, 0.3) is 0 Å². The van der Waals surface area contributed by atoms with Gasteiger partial charge in [0.05, 0.1) is 0 Å². The number of Topliss-reactive ketones (excluding diaryl/α,β-unsaturated/α-hetero) is 1. The topological polar surface area (TPSA) is 17.1 Å². The maximum atomic E-state index is 12.2. The van der Waals surface area contributed by atoms with E-state index in [0.29, 0.717) is 6.42 Å². The van der Waals surface area contributed by atoms with Gasteiger partial charge < -0.3 is 0 Å². The van der Waals surface area contributed by atoms with E-state index < -0.39 is 0 Å². The molecule has 2 rings (SSSR count). The Morgan fingerprint density at radius 1 is 0.889 bits per heavy atom. The molecule has 0 bridgehead atoms. The smallest absolute Gasteiger partial charge is 0.167 e. The highest BCUT2D eigenvalue weighted by atomic mass is 16.1. The highest BCUT2D eigenvalue weighted by molar-refractivity contribution is 5.97. The maximum Gasteiger partial charge on any atom is 0.167 e. The summed E-state index contributed by atoms with van der Waals surface area (Å²) in [4.78, 5) is 12.2. The molecule has 0 radical (unpaired) electrons. The molecule has 0 saturated heterocycles. The molecule has 0 N–H and O–H groups in total. The van der Waals surface area contributed by atoms with Crippen LogP contribution in [-0.2, 0) is 6.42 Å². The Morgan fingerprint density at radius 3 is 2.17 bits per heavy atom. The van der Waals surface area contributed by atoms with E-state index in [1.54, 1.807) is 0 Å². The lowest BCUT2D eigenvalue weighted by atomic mass is 9.95. The van der Waals surface area contributed by atoms with Crippen molar-refractivity contribution in [3.63, 3.8) is 0 Å². The fourth-order valence-electron chi connectivity index (χ4n) is 2.11. The maximum absolute atomic E-state index is 12.2. The molecule has 0 unspecified atom stereocenters. The third-order valence-corrected chi connectivity index (χ3v) is 3.40. The molecule has 0 aliphatic carbocycles. The molecule has 0 aromatic heterocycles. The molecule has 18 heavy (non-hydrogen) atoms. The van der Waals surface area contributed by atoms with Gasteiger partial charge in [0.1, 0.15) is 0 Å². The zero-order valence-electron chi connectivity index (χ0n) is 11.2. The van der Waals surface area contributed by atoms with Gasteiger partial charge in [-0.25, -0.2) is 0 Å². The molecule has 0 atom stereocenters. The van der Waals surface area contributed by atoms with Crippen molar-refractivity contribution in [2.75, 3.05) is 0 Å². The van der Waals surface area contributed by atoms with Crippen LogP contribution >= 0.6 is 0 Å². The van der Waals surface area contributed by atoms with Crippen LogP contribution in [0.3, 0.4) is 0 Å². The van der Waals surface area contributed by atoms with E-state index in [1.165, 1.54) is 16.7 Å². The predicted molar refractivity (Wildman–Crippen MR) is 75.1 cm³/mol. The van der Waals surface area contributed by atoms with Crippen LogP contribution in [0.4, 0.5) is 0 Å². The first kappa shape index (κ1) is 12.6. The van der Waals surface area contributed by atoms with Crippen LogP contribution < -0.4 is 0 Å². The van der Waals surface area contributed by atoms with Gasteiger partial charge in [-0.2, -0.15) is 0 Å². The number of hydrogen-bond acceptors (Lipinski definition) is 1. The minimum atomic E-state index is 0.182. The summed E-state index contributed by atoms with van der Waals surface area (Å²) < 4.78 is 0. The molecule has 92 valence electrons. The molecule has 0 saturated carbocycles.